The van der Waals surface area contributed by atoms with Crippen LogP contribution in [-0.2, 0) is 0 Å². The van der Waals surface area contributed by atoms with Gasteiger partial charge in [0.05, 0.1) is 0 Å². The zero-order chi connectivity index (χ0) is 12.9. The van der Waals surface area contributed by atoms with Crippen molar-refractivity contribution in [1.29, 1.82) is 0 Å². The van der Waals surface area contributed by atoms with Gasteiger partial charge in [0.25, 0.3) is 0 Å². The Morgan fingerprint density at radius 3 is 2.39 bits per heavy atom. The fraction of sp³-hybridized carbons (Fsp3) is 1.00. The van der Waals surface area contributed by atoms with Gasteiger partial charge in [-0.3, -0.25) is 9.80 Å². The molecule has 104 valence electrons. The summed E-state index contributed by atoms with van der Waals surface area (Å²) in [6, 6.07) is 2.32. The van der Waals surface area contributed by atoms with Crippen molar-refractivity contribution in [3.63, 3.8) is 0 Å². The van der Waals surface area contributed by atoms with Crippen molar-refractivity contribution in [1.82, 2.24) is 9.80 Å². The third-order valence-electron chi connectivity index (χ3n) is 5.51. The van der Waals surface area contributed by atoms with E-state index in [4.69, 9.17) is 5.73 Å². The van der Waals surface area contributed by atoms with Crippen LogP contribution >= 0.6 is 0 Å². The molecule has 0 radical (unpaired) electrons. The smallest absolute Gasteiger partial charge is 0.0476 e. The highest BCUT2D eigenvalue weighted by atomic mass is 15.4. The van der Waals surface area contributed by atoms with E-state index in [2.05, 4.69) is 30.6 Å². The molecule has 2 N–H and O–H groups in total. The quantitative estimate of drug-likeness (QED) is 0.828. The molecule has 3 nitrogen and oxygen atoms in total. The van der Waals surface area contributed by atoms with Crippen LogP contribution < -0.4 is 5.73 Å². The monoisotopic (exact) mass is 251 g/mol. The predicted molar refractivity (Wildman–Crippen MR) is 75.5 cm³/mol. The molecule has 2 saturated heterocycles. The molecule has 0 aromatic carbocycles. The molecule has 4 atom stereocenters. The van der Waals surface area contributed by atoms with Crippen LogP contribution in [0.4, 0.5) is 0 Å². The van der Waals surface area contributed by atoms with Gasteiger partial charge in [0.15, 0.2) is 0 Å². The Hall–Kier alpha value is -0.120. The van der Waals surface area contributed by atoms with Gasteiger partial charge in [-0.05, 0) is 45.4 Å². The Morgan fingerprint density at radius 2 is 1.89 bits per heavy atom. The van der Waals surface area contributed by atoms with Crippen molar-refractivity contribution in [2.45, 2.75) is 70.1 Å². The van der Waals surface area contributed by atoms with Gasteiger partial charge in [0.1, 0.15) is 0 Å². The van der Waals surface area contributed by atoms with Crippen molar-refractivity contribution in [3.8, 4) is 0 Å². The molecule has 3 aliphatic rings. The van der Waals surface area contributed by atoms with Crippen molar-refractivity contribution >= 4 is 0 Å². The number of nitrogens with two attached hydrogens (primary N) is 1. The number of likely N-dealkylation sites (tertiary alicyclic amines) is 2. The lowest BCUT2D eigenvalue weighted by molar-refractivity contribution is 0.0889. The lowest BCUT2D eigenvalue weighted by Gasteiger charge is -2.41. The third-order valence-corrected chi connectivity index (χ3v) is 5.51. The SMILES string of the molecule is CC1CC(C)N(C2(CN)CC(C)N(C3CC3)C2)C1. The fourth-order valence-corrected chi connectivity index (χ4v) is 4.56. The second-order valence-electron chi connectivity index (χ2n) is 7.23. The van der Waals surface area contributed by atoms with Crippen LogP contribution in [0.15, 0.2) is 0 Å². The standard InChI is InChI=1S/C15H29N3/c1-11-6-12(2)18(8-11)15(9-16)7-13(3)17(10-15)14-4-5-14/h11-14H,4-10,16H2,1-3H3. The van der Waals surface area contributed by atoms with Crippen LogP contribution in [0.2, 0.25) is 0 Å². The molecule has 0 aromatic rings. The summed E-state index contributed by atoms with van der Waals surface area (Å²) in [6.07, 6.45) is 5.45. The van der Waals surface area contributed by atoms with Crippen LogP contribution in [0.25, 0.3) is 0 Å². The maximum atomic E-state index is 6.23. The molecule has 2 heterocycles. The van der Waals surface area contributed by atoms with Crippen molar-refractivity contribution < 1.29 is 0 Å². The average Bonchev–Trinajstić information content (AvgIpc) is 3.03. The first kappa shape index (κ1) is 12.9. The summed E-state index contributed by atoms with van der Waals surface area (Å²) in [5, 5.41) is 0. The number of hydrogen-bond acceptors (Lipinski definition) is 3. The van der Waals surface area contributed by atoms with E-state index in [1.807, 2.05) is 0 Å². The molecule has 3 heteroatoms. The van der Waals surface area contributed by atoms with Gasteiger partial charge in [0, 0.05) is 43.3 Å². The summed E-state index contributed by atoms with van der Waals surface area (Å²) in [4.78, 5) is 5.49. The normalized spacial score (nSPS) is 47.0. The van der Waals surface area contributed by atoms with Crippen LogP contribution in [0, 0.1) is 5.92 Å². The Balaban J connectivity index is 1.78. The molecule has 1 saturated carbocycles. The molecule has 0 spiro atoms. The van der Waals surface area contributed by atoms with E-state index < -0.39 is 0 Å². The minimum Gasteiger partial charge on any atom is -0.329 e. The van der Waals surface area contributed by atoms with E-state index in [0.717, 1.165) is 30.6 Å². The Kier molecular flexibility index (Phi) is 3.20. The second-order valence-corrected chi connectivity index (χ2v) is 7.23. The number of rotatable bonds is 3. The van der Waals surface area contributed by atoms with Crippen molar-refractivity contribution in [2.75, 3.05) is 19.6 Å². The molecule has 2 aliphatic heterocycles. The van der Waals surface area contributed by atoms with Gasteiger partial charge >= 0.3 is 0 Å². The van der Waals surface area contributed by atoms with E-state index in [-0.39, 0.29) is 5.54 Å². The highest BCUT2D eigenvalue weighted by molar-refractivity contribution is 5.09. The Labute approximate surface area is 112 Å². The zero-order valence-electron chi connectivity index (χ0n) is 12.2. The summed E-state index contributed by atoms with van der Waals surface area (Å²) in [6.45, 7) is 10.5. The largest absolute Gasteiger partial charge is 0.329 e. The third kappa shape index (κ3) is 2.00. The summed E-state index contributed by atoms with van der Waals surface area (Å²) in [7, 11) is 0. The Bertz CT molecular complexity index is 315. The molecule has 3 fully saturated rings. The van der Waals surface area contributed by atoms with E-state index in [0.29, 0.717) is 0 Å². The van der Waals surface area contributed by atoms with E-state index >= 15 is 0 Å². The van der Waals surface area contributed by atoms with Gasteiger partial charge in [-0.15, -0.1) is 0 Å². The predicted octanol–water partition coefficient (Wildman–Crippen LogP) is 1.67. The van der Waals surface area contributed by atoms with Gasteiger partial charge in [-0.1, -0.05) is 6.92 Å². The van der Waals surface area contributed by atoms with Gasteiger partial charge < -0.3 is 5.73 Å². The summed E-state index contributed by atoms with van der Waals surface area (Å²) in [5.74, 6) is 0.841. The number of hydrogen-bond donors (Lipinski definition) is 1. The van der Waals surface area contributed by atoms with Crippen LogP contribution in [0.3, 0.4) is 0 Å². The van der Waals surface area contributed by atoms with E-state index in [1.54, 1.807) is 0 Å². The van der Waals surface area contributed by atoms with Gasteiger partial charge in [-0.25, -0.2) is 0 Å². The van der Waals surface area contributed by atoms with Gasteiger partial charge in [0.2, 0.25) is 0 Å². The zero-order valence-corrected chi connectivity index (χ0v) is 12.2. The van der Waals surface area contributed by atoms with Crippen LogP contribution in [0.5, 0.6) is 0 Å². The minimum absolute atomic E-state index is 0.270. The number of nitrogens with zero attached hydrogens (tertiary/aromatic N) is 2. The molecule has 0 amide bonds. The average molecular weight is 251 g/mol. The maximum Gasteiger partial charge on any atom is 0.0476 e. The molecule has 0 bridgehead atoms. The molecule has 1 aliphatic carbocycles. The lowest BCUT2D eigenvalue weighted by Crippen LogP contribution is -2.57. The van der Waals surface area contributed by atoms with Crippen LogP contribution in [-0.4, -0.2) is 53.1 Å². The topological polar surface area (TPSA) is 32.5 Å². The highest BCUT2D eigenvalue weighted by Crippen LogP contribution is 2.42. The molecule has 3 rings (SSSR count). The first-order chi connectivity index (χ1) is 8.55. The molecular weight excluding hydrogens is 222 g/mol. The first-order valence-electron chi connectivity index (χ1n) is 7.78. The molecule has 18 heavy (non-hydrogen) atoms. The van der Waals surface area contributed by atoms with Crippen molar-refractivity contribution in [3.05, 3.63) is 0 Å². The first-order valence-corrected chi connectivity index (χ1v) is 7.78. The van der Waals surface area contributed by atoms with Gasteiger partial charge in [-0.2, -0.15) is 0 Å². The minimum atomic E-state index is 0.270. The summed E-state index contributed by atoms with van der Waals surface area (Å²) < 4.78 is 0. The summed E-state index contributed by atoms with van der Waals surface area (Å²) >= 11 is 0. The van der Waals surface area contributed by atoms with E-state index in [9.17, 15) is 0 Å². The lowest BCUT2D eigenvalue weighted by atomic mass is 9.93. The van der Waals surface area contributed by atoms with Crippen LogP contribution in [0.1, 0.15) is 46.5 Å². The highest BCUT2D eigenvalue weighted by Gasteiger charge is 2.51. The Morgan fingerprint density at radius 1 is 1.17 bits per heavy atom. The molecular formula is C15H29N3. The summed E-state index contributed by atoms with van der Waals surface area (Å²) in [5.41, 5.74) is 6.50. The molecule has 0 aromatic heterocycles. The van der Waals surface area contributed by atoms with Crippen molar-refractivity contribution in [2.24, 2.45) is 11.7 Å². The maximum absolute atomic E-state index is 6.23. The fourth-order valence-electron chi connectivity index (χ4n) is 4.56. The second kappa shape index (κ2) is 4.46. The molecule has 4 unspecified atom stereocenters. The van der Waals surface area contributed by atoms with E-state index in [1.165, 1.54) is 38.8 Å².